The van der Waals surface area contributed by atoms with Gasteiger partial charge in [-0.25, -0.2) is 8.78 Å². The predicted molar refractivity (Wildman–Crippen MR) is 62.1 cm³/mol. The first-order valence-electron chi connectivity index (χ1n) is 5.41. The van der Waals surface area contributed by atoms with Crippen molar-refractivity contribution in [1.29, 1.82) is 0 Å². The fraction of sp³-hybridized carbons (Fsp3) is 0.385. The van der Waals surface area contributed by atoms with Gasteiger partial charge in [0.15, 0.2) is 0 Å². The van der Waals surface area contributed by atoms with Crippen molar-refractivity contribution in [3.05, 3.63) is 48.1 Å². The smallest absolute Gasteiger partial charge is 0.130 e. The molecule has 1 aromatic rings. The van der Waals surface area contributed by atoms with E-state index in [0.717, 1.165) is 18.9 Å². The molecule has 1 N–H and O–H groups in total. The first kappa shape index (κ1) is 12.8. The highest BCUT2D eigenvalue weighted by Gasteiger charge is 2.05. The summed E-state index contributed by atoms with van der Waals surface area (Å²) >= 11 is 0. The van der Waals surface area contributed by atoms with Crippen LogP contribution in [0.15, 0.2) is 30.9 Å². The Morgan fingerprint density at radius 1 is 1.44 bits per heavy atom. The van der Waals surface area contributed by atoms with E-state index >= 15 is 0 Å². The van der Waals surface area contributed by atoms with Crippen LogP contribution in [-0.4, -0.2) is 6.04 Å². The quantitative estimate of drug-likeness (QED) is 0.731. The van der Waals surface area contributed by atoms with E-state index in [0.29, 0.717) is 18.2 Å². The first-order chi connectivity index (χ1) is 7.63. The Morgan fingerprint density at radius 2 is 2.19 bits per heavy atom. The van der Waals surface area contributed by atoms with Gasteiger partial charge in [0.05, 0.1) is 0 Å². The standard InChI is InChI=1S/C13H17F2N/c1-3-4-5-10(2)16-9-11-6-7-12(14)8-13(11)15/h3,6-8,10,16H,1,4-5,9H2,2H3. The number of halogens is 2. The molecule has 0 radical (unpaired) electrons. The van der Waals surface area contributed by atoms with Crippen LogP contribution in [0.5, 0.6) is 0 Å². The van der Waals surface area contributed by atoms with Crippen molar-refractivity contribution in [2.75, 3.05) is 0 Å². The highest BCUT2D eigenvalue weighted by Crippen LogP contribution is 2.09. The Bertz CT molecular complexity index is 350. The van der Waals surface area contributed by atoms with Crippen LogP contribution in [0.2, 0.25) is 0 Å². The van der Waals surface area contributed by atoms with Crippen molar-refractivity contribution >= 4 is 0 Å². The second kappa shape index (κ2) is 6.38. The molecular weight excluding hydrogens is 208 g/mol. The Balaban J connectivity index is 2.44. The number of nitrogens with one attached hydrogen (secondary N) is 1. The molecule has 0 aromatic heterocycles. The molecule has 1 atom stereocenters. The van der Waals surface area contributed by atoms with Crippen molar-refractivity contribution in [2.45, 2.75) is 32.4 Å². The predicted octanol–water partition coefficient (Wildman–Crippen LogP) is 3.41. The molecule has 16 heavy (non-hydrogen) atoms. The molecule has 0 aliphatic rings. The molecule has 0 spiro atoms. The largest absolute Gasteiger partial charge is 0.310 e. The minimum atomic E-state index is -0.541. The van der Waals surface area contributed by atoms with Gasteiger partial charge in [-0.3, -0.25) is 0 Å². The zero-order valence-corrected chi connectivity index (χ0v) is 9.47. The molecule has 0 saturated carbocycles. The van der Waals surface area contributed by atoms with Crippen LogP contribution in [0.1, 0.15) is 25.3 Å². The zero-order chi connectivity index (χ0) is 12.0. The molecular formula is C13H17F2N. The van der Waals surface area contributed by atoms with Gasteiger partial charge in [-0.2, -0.15) is 0 Å². The van der Waals surface area contributed by atoms with Crippen molar-refractivity contribution < 1.29 is 8.78 Å². The van der Waals surface area contributed by atoms with Crippen LogP contribution in [0.25, 0.3) is 0 Å². The number of hydrogen-bond donors (Lipinski definition) is 1. The molecule has 0 fully saturated rings. The van der Waals surface area contributed by atoms with Gasteiger partial charge in [0.1, 0.15) is 11.6 Å². The molecule has 0 saturated heterocycles. The third-order valence-corrected chi connectivity index (χ3v) is 2.46. The Morgan fingerprint density at radius 3 is 2.81 bits per heavy atom. The average Bonchev–Trinajstić information content (AvgIpc) is 2.25. The summed E-state index contributed by atoms with van der Waals surface area (Å²) in [6.45, 7) is 6.10. The summed E-state index contributed by atoms with van der Waals surface area (Å²) in [4.78, 5) is 0. The van der Waals surface area contributed by atoms with E-state index in [1.165, 1.54) is 12.1 Å². The number of rotatable bonds is 6. The fourth-order valence-electron chi connectivity index (χ4n) is 1.42. The molecule has 0 bridgehead atoms. The summed E-state index contributed by atoms with van der Waals surface area (Å²) in [5.74, 6) is -1.04. The van der Waals surface area contributed by atoms with Crippen LogP contribution in [0.3, 0.4) is 0 Å². The van der Waals surface area contributed by atoms with Gasteiger partial charge in [-0.05, 0) is 25.8 Å². The van der Waals surface area contributed by atoms with Crippen molar-refractivity contribution in [3.8, 4) is 0 Å². The monoisotopic (exact) mass is 225 g/mol. The topological polar surface area (TPSA) is 12.0 Å². The van der Waals surface area contributed by atoms with Gasteiger partial charge in [0.25, 0.3) is 0 Å². The molecule has 0 heterocycles. The zero-order valence-electron chi connectivity index (χ0n) is 9.47. The SMILES string of the molecule is C=CCCC(C)NCc1ccc(F)cc1F. The Hall–Kier alpha value is -1.22. The van der Waals surface area contributed by atoms with E-state index in [1.54, 1.807) is 0 Å². The van der Waals surface area contributed by atoms with E-state index in [9.17, 15) is 8.78 Å². The second-order valence-corrected chi connectivity index (χ2v) is 3.88. The lowest BCUT2D eigenvalue weighted by Crippen LogP contribution is -2.25. The van der Waals surface area contributed by atoms with Crippen molar-refractivity contribution in [1.82, 2.24) is 5.32 Å². The van der Waals surface area contributed by atoms with Crippen LogP contribution < -0.4 is 5.32 Å². The van der Waals surface area contributed by atoms with Gasteiger partial charge in [0, 0.05) is 24.2 Å². The minimum Gasteiger partial charge on any atom is -0.310 e. The van der Waals surface area contributed by atoms with Gasteiger partial charge in [0.2, 0.25) is 0 Å². The number of hydrogen-bond acceptors (Lipinski definition) is 1. The molecule has 0 aliphatic heterocycles. The third-order valence-electron chi connectivity index (χ3n) is 2.46. The molecule has 0 amide bonds. The van der Waals surface area contributed by atoms with Crippen molar-refractivity contribution in [2.24, 2.45) is 0 Å². The van der Waals surface area contributed by atoms with E-state index in [4.69, 9.17) is 0 Å². The molecule has 0 aliphatic carbocycles. The molecule has 1 nitrogen and oxygen atoms in total. The molecule has 3 heteroatoms. The van der Waals surface area contributed by atoms with E-state index in [2.05, 4.69) is 11.9 Å². The normalized spacial score (nSPS) is 12.4. The summed E-state index contributed by atoms with van der Waals surface area (Å²) in [6, 6.07) is 3.94. The number of benzene rings is 1. The molecule has 1 rings (SSSR count). The van der Waals surface area contributed by atoms with Gasteiger partial charge >= 0.3 is 0 Å². The first-order valence-corrected chi connectivity index (χ1v) is 5.41. The molecule has 1 aromatic carbocycles. The number of allylic oxidation sites excluding steroid dienone is 1. The lowest BCUT2D eigenvalue weighted by molar-refractivity contribution is 0.501. The van der Waals surface area contributed by atoms with Gasteiger partial charge < -0.3 is 5.32 Å². The summed E-state index contributed by atoms with van der Waals surface area (Å²) < 4.78 is 25.9. The molecule has 1 unspecified atom stereocenters. The second-order valence-electron chi connectivity index (χ2n) is 3.88. The summed E-state index contributed by atoms with van der Waals surface area (Å²) in [6.07, 6.45) is 3.75. The highest BCUT2D eigenvalue weighted by molar-refractivity contribution is 5.18. The van der Waals surface area contributed by atoms with E-state index < -0.39 is 11.6 Å². The van der Waals surface area contributed by atoms with Crippen LogP contribution in [0.4, 0.5) is 8.78 Å². The van der Waals surface area contributed by atoms with Gasteiger partial charge in [-0.1, -0.05) is 12.1 Å². The maximum Gasteiger partial charge on any atom is 0.130 e. The summed E-state index contributed by atoms with van der Waals surface area (Å²) in [5.41, 5.74) is 0.492. The van der Waals surface area contributed by atoms with E-state index in [-0.39, 0.29) is 0 Å². The maximum atomic E-state index is 13.3. The highest BCUT2D eigenvalue weighted by atomic mass is 19.1. The van der Waals surface area contributed by atoms with Gasteiger partial charge in [-0.15, -0.1) is 6.58 Å². The summed E-state index contributed by atoms with van der Waals surface area (Å²) in [7, 11) is 0. The summed E-state index contributed by atoms with van der Waals surface area (Å²) in [5, 5.41) is 3.18. The Labute approximate surface area is 95.2 Å². The van der Waals surface area contributed by atoms with Crippen molar-refractivity contribution in [3.63, 3.8) is 0 Å². The van der Waals surface area contributed by atoms with E-state index in [1.807, 2.05) is 13.0 Å². The third kappa shape index (κ3) is 4.11. The van der Waals surface area contributed by atoms with Crippen LogP contribution >= 0.6 is 0 Å². The van der Waals surface area contributed by atoms with Crippen LogP contribution in [-0.2, 0) is 6.54 Å². The minimum absolute atomic E-state index is 0.294. The molecule has 88 valence electrons. The lowest BCUT2D eigenvalue weighted by atomic mass is 10.1. The Kier molecular flexibility index (Phi) is 5.12. The van der Waals surface area contributed by atoms with Crippen LogP contribution in [0, 0.1) is 11.6 Å². The fourth-order valence-corrected chi connectivity index (χ4v) is 1.42. The average molecular weight is 225 g/mol. The maximum absolute atomic E-state index is 13.3. The lowest BCUT2D eigenvalue weighted by Gasteiger charge is -2.13.